The van der Waals surface area contributed by atoms with Crippen LogP contribution in [-0.2, 0) is 6.42 Å². The Morgan fingerprint density at radius 3 is 2.66 bits per heavy atom. The molecule has 1 heterocycles. The third-order valence-electron chi connectivity index (χ3n) is 7.95. The van der Waals surface area contributed by atoms with Crippen molar-refractivity contribution in [2.24, 2.45) is 5.92 Å². The number of phenolic OH excluding ortho intramolecular Hbond substituents is 1. The molecule has 1 fully saturated rings. The summed E-state index contributed by atoms with van der Waals surface area (Å²) in [4.78, 5) is 13.5. The van der Waals surface area contributed by atoms with Gasteiger partial charge in [0, 0.05) is 23.4 Å². The predicted molar refractivity (Wildman–Crippen MR) is 130 cm³/mol. The minimum atomic E-state index is -0.298. The summed E-state index contributed by atoms with van der Waals surface area (Å²) in [6.45, 7) is 8.69. The Balaban J connectivity index is 1.77. The van der Waals surface area contributed by atoms with Gasteiger partial charge in [-0.25, -0.2) is 0 Å². The minimum Gasteiger partial charge on any atom is -0.507 e. The smallest absolute Gasteiger partial charge is 0.255 e. The van der Waals surface area contributed by atoms with E-state index in [-0.39, 0.29) is 29.2 Å². The van der Waals surface area contributed by atoms with E-state index in [9.17, 15) is 9.90 Å². The molecular weight excluding hydrogens is 398 g/mol. The average molecular weight is 440 g/mol. The molecule has 4 heteroatoms. The number of hydrogen-bond acceptors (Lipinski definition) is 3. The molecule has 176 valence electrons. The van der Waals surface area contributed by atoms with Crippen LogP contribution in [0.4, 0.5) is 0 Å². The summed E-state index contributed by atoms with van der Waals surface area (Å²) < 4.78 is 6.52. The van der Waals surface area contributed by atoms with Crippen molar-refractivity contribution >= 4 is 5.91 Å². The van der Waals surface area contributed by atoms with Crippen molar-refractivity contribution in [3.05, 3.63) is 34.4 Å². The van der Waals surface area contributed by atoms with E-state index in [4.69, 9.17) is 4.74 Å². The van der Waals surface area contributed by atoms with Gasteiger partial charge in [0.1, 0.15) is 17.1 Å². The van der Waals surface area contributed by atoms with Crippen molar-refractivity contribution in [1.29, 1.82) is 0 Å². The van der Waals surface area contributed by atoms with Crippen LogP contribution in [0.2, 0.25) is 0 Å². The highest BCUT2D eigenvalue weighted by molar-refractivity contribution is 5.99. The lowest BCUT2D eigenvalue weighted by atomic mass is 9.67. The maximum absolute atomic E-state index is 13.5. The lowest BCUT2D eigenvalue weighted by Gasteiger charge is -2.46. The first-order valence-electron chi connectivity index (χ1n) is 12.9. The van der Waals surface area contributed by atoms with Crippen molar-refractivity contribution in [2.45, 2.75) is 116 Å². The summed E-state index contributed by atoms with van der Waals surface area (Å²) in [5.41, 5.74) is 3.29. The molecule has 0 bridgehead atoms. The Bertz CT molecular complexity index is 879. The molecule has 2 atom stereocenters. The third-order valence-corrected chi connectivity index (χ3v) is 7.95. The normalized spacial score (nSPS) is 24.7. The summed E-state index contributed by atoms with van der Waals surface area (Å²) in [7, 11) is 0. The zero-order valence-corrected chi connectivity index (χ0v) is 20.4. The zero-order chi connectivity index (χ0) is 22.9. The maximum atomic E-state index is 13.5. The van der Waals surface area contributed by atoms with Crippen LogP contribution in [0, 0.1) is 5.92 Å². The maximum Gasteiger partial charge on any atom is 0.255 e. The Labute approximate surface area is 193 Å². The number of nitrogens with one attached hydrogen (secondary N) is 1. The fraction of sp³-hybridized carbons (Fsp3) is 0.679. The third kappa shape index (κ3) is 4.56. The minimum absolute atomic E-state index is 0.0911. The highest BCUT2D eigenvalue weighted by Gasteiger charge is 2.46. The summed E-state index contributed by atoms with van der Waals surface area (Å²) in [5, 5.41) is 14.9. The number of ether oxygens (including phenoxy) is 1. The van der Waals surface area contributed by atoms with E-state index in [1.807, 2.05) is 0 Å². The van der Waals surface area contributed by atoms with Gasteiger partial charge in [-0.15, -0.1) is 0 Å². The lowest BCUT2D eigenvalue weighted by molar-refractivity contribution is 0.0107. The summed E-state index contributed by atoms with van der Waals surface area (Å²) in [5.74, 6) is 1.19. The van der Waals surface area contributed by atoms with Gasteiger partial charge < -0.3 is 15.2 Å². The highest BCUT2D eigenvalue weighted by atomic mass is 16.5. The molecule has 4 rings (SSSR count). The molecule has 32 heavy (non-hydrogen) atoms. The van der Waals surface area contributed by atoms with Gasteiger partial charge in [-0.1, -0.05) is 50.7 Å². The van der Waals surface area contributed by atoms with E-state index < -0.39 is 0 Å². The molecule has 1 aromatic rings. The summed E-state index contributed by atoms with van der Waals surface area (Å²) >= 11 is 0. The van der Waals surface area contributed by atoms with Gasteiger partial charge in [0.25, 0.3) is 5.91 Å². The number of amides is 1. The quantitative estimate of drug-likeness (QED) is 0.378. The second-order valence-corrected chi connectivity index (χ2v) is 10.8. The molecule has 2 unspecified atom stereocenters. The van der Waals surface area contributed by atoms with Crippen LogP contribution in [0.1, 0.15) is 119 Å². The fourth-order valence-corrected chi connectivity index (χ4v) is 6.13. The Morgan fingerprint density at radius 2 is 1.94 bits per heavy atom. The van der Waals surface area contributed by atoms with Crippen molar-refractivity contribution in [1.82, 2.24) is 5.32 Å². The molecule has 0 saturated heterocycles. The molecule has 4 nitrogen and oxygen atoms in total. The Kier molecular flexibility index (Phi) is 6.88. The largest absolute Gasteiger partial charge is 0.507 e. The first kappa shape index (κ1) is 23.2. The molecule has 1 aromatic carbocycles. The number of aryl methyl sites for hydroxylation is 1. The number of allylic oxidation sites excluding steroid dienone is 2. The van der Waals surface area contributed by atoms with E-state index in [1.165, 1.54) is 24.8 Å². The second-order valence-electron chi connectivity index (χ2n) is 10.8. The lowest BCUT2D eigenvalue weighted by Crippen LogP contribution is -2.45. The molecule has 1 amide bonds. The van der Waals surface area contributed by atoms with Crippen molar-refractivity contribution in [2.75, 3.05) is 0 Å². The molecule has 2 aliphatic carbocycles. The van der Waals surface area contributed by atoms with E-state index in [2.05, 4.69) is 45.2 Å². The number of rotatable bonds is 6. The predicted octanol–water partition coefficient (Wildman–Crippen LogP) is 6.80. The van der Waals surface area contributed by atoms with Crippen LogP contribution in [0.5, 0.6) is 11.5 Å². The molecule has 1 aliphatic heterocycles. The highest BCUT2D eigenvalue weighted by Crippen LogP contribution is 2.54. The number of aromatic hydroxyl groups is 1. The van der Waals surface area contributed by atoms with Crippen LogP contribution in [-0.4, -0.2) is 22.7 Å². The molecule has 0 aromatic heterocycles. The van der Waals surface area contributed by atoms with E-state index in [1.54, 1.807) is 0 Å². The van der Waals surface area contributed by atoms with Gasteiger partial charge in [0.2, 0.25) is 0 Å². The van der Waals surface area contributed by atoms with E-state index >= 15 is 0 Å². The molecular formula is C28H41NO3. The van der Waals surface area contributed by atoms with Gasteiger partial charge in [-0.2, -0.15) is 0 Å². The van der Waals surface area contributed by atoms with E-state index in [0.29, 0.717) is 11.5 Å². The van der Waals surface area contributed by atoms with Crippen LogP contribution in [0.15, 0.2) is 17.7 Å². The second kappa shape index (κ2) is 9.49. The molecule has 3 aliphatic rings. The van der Waals surface area contributed by atoms with Gasteiger partial charge >= 0.3 is 0 Å². The topological polar surface area (TPSA) is 58.6 Å². The average Bonchev–Trinajstić information content (AvgIpc) is 2.73. The Hall–Kier alpha value is -1.97. The molecule has 2 N–H and O–H groups in total. The van der Waals surface area contributed by atoms with Crippen molar-refractivity contribution < 1.29 is 14.6 Å². The van der Waals surface area contributed by atoms with Crippen LogP contribution >= 0.6 is 0 Å². The van der Waals surface area contributed by atoms with Gasteiger partial charge in [-0.05, 0) is 70.9 Å². The molecule has 1 saturated carbocycles. The van der Waals surface area contributed by atoms with Crippen LogP contribution in [0.25, 0.3) is 0 Å². The SMILES string of the molecule is CCCCCc1cc2c(c(O)c1C(=O)NC1CCCCC1)C1C=C(C)CCC1C(C)(C)O2. The fourth-order valence-electron chi connectivity index (χ4n) is 6.13. The monoisotopic (exact) mass is 439 g/mol. The summed E-state index contributed by atoms with van der Waals surface area (Å²) in [6, 6.07) is 2.28. The number of hydrogen-bond donors (Lipinski definition) is 2. The number of carbonyl (C=O) groups is 1. The van der Waals surface area contributed by atoms with Crippen molar-refractivity contribution in [3.63, 3.8) is 0 Å². The number of unbranched alkanes of at least 4 members (excludes halogenated alkanes) is 2. The van der Waals surface area contributed by atoms with E-state index in [0.717, 1.165) is 68.2 Å². The molecule has 0 radical (unpaired) electrons. The first-order valence-corrected chi connectivity index (χ1v) is 12.9. The number of phenols is 1. The van der Waals surface area contributed by atoms with Crippen LogP contribution in [0.3, 0.4) is 0 Å². The zero-order valence-electron chi connectivity index (χ0n) is 20.4. The van der Waals surface area contributed by atoms with Gasteiger partial charge in [0.15, 0.2) is 0 Å². The first-order chi connectivity index (χ1) is 15.3. The Morgan fingerprint density at radius 1 is 1.19 bits per heavy atom. The summed E-state index contributed by atoms with van der Waals surface area (Å²) in [6.07, 6.45) is 14.1. The number of fused-ring (bicyclic) bond motifs is 3. The van der Waals surface area contributed by atoms with Crippen LogP contribution < -0.4 is 10.1 Å². The van der Waals surface area contributed by atoms with Crippen molar-refractivity contribution in [3.8, 4) is 11.5 Å². The number of carbonyl (C=O) groups excluding carboxylic acids is 1. The number of benzene rings is 1. The van der Waals surface area contributed by atoms with Gasteiger partial charge in [-0.3, -0.25) is 4.79 Å². The molecule has 0 spiro atoms. The van der Waals surface area contributed by atoms with Gasteiger partial charge in [0.05, 0.1) is 5.56 Å². The standard InChI is InChI=1S/C28H41NO3/c1-5-6-8-11-19-17-23-25(21-16-18(2)14-15-22(21)28(3,4)32-23)26(30)24(19)27(31)29-20-12-9-7-10-13-20/h16-17,20-22,30H,5-15H2,1-4H3,(H,29,31).